The topological polar surface area (TPSA) is 40.7 Å². The van der Waals surface area contributed by atoms with Crippen LogP contribution in [0.15, 0.2) is 28.9 Å². The largest absolute Gasteiger partial charge is 0.341 e. The maximum absolute atomic E-state index is 13.8. The zero-order valence-corrected chi connectivity index (χ0v) is 11.3. The molecule has 1 saturated heterocycles. The normalized spacial score (nSPS) is 19.3. The summed E-state index contributed by atoms with van der Waals surface area (Å²) in [4.78, 5) is 7.54. The van der Waals surface area contributed by atoms with Gasteiger partial charge in [0, 0.05) is 10.0 Å². The van der Waals surface area contributed by atoms with Crippen molar-refractivity contribution in [2.75, 3.05) is 6.54 Å². The Morgan fingerprint density at radius 2 is 2.28 bits per heavy atom. The molecule has 0 radical (unpaired) electrons. The van der Waals surface area contributed by atoms with Crippen molar-refractivity contribution < 1.29 is 4.39 Å². The molecule has 0 spiro atoms. The van der Waals surface area contributed by atoms with E-state index >= 15 is 0 Å². The molecule has 0 bridgehead atoms. The lowest BCUT2D eigenvalue weighted by atomic mass is 10.1. The number of halogens is 2. The van der Waals surface area contributed by atoms with E-state index in [1.165, 1.54) is 6.07 Å². The lowest BCUT2D eigenvalue weighted by Gasteiger charge is -2.05. The van der Waals surface area contributed by atoms with Crippen molar-refractivity contribution in [1.29, 1.82) is 0 Å². The molecule has 0 unspecified atom stereocenters. The lowest BCUT2D eigenvalue weighted by Crippen LogP contribution is -2.14. The van der Waals surface area contributed by atoms with Crippen LogP contribution < -0.4 is 5.32 Å². The van der Waals surface area contributed by atoms with Gasteiger partial charge in [-0.2, -0.15) is 0 Å². The Kier molecular flexibility index (Phi) is 3.18. The van der Waals surface area contributed by atoms with Crippen LogP contribution >= 0.6 is 15.9 Å². The van der Waals surface area contributed by atoms with Gasteiger partial charge in [-0.3, -0.25) is 0 Å². The average Bonchev–Trinajstić information content (AvgIpc) is 2.99. The van der Waals surface area contributed by atoms with Crippen molar-refractivity contribution in [2.24, 2.45) is 0 Å². The standard InChI is InChI=1S/C13H13BrFN3/c14-8-3-4-9(10(15)6-8)12-7-17-13(18-12)11-2-1-5-16-11/h3-4,6-7,11,16H,1-2,5H2,(H,17,18)/t11-/m0/s1. The van der Waals surface area contributed by atoms with Crippen LogP contribution in [-0.2, 0) is 0 Å². The molecule has 1 aliphatic heterocycles. The van der Waals surface area contributed by atoms with Gasteiger partial charge in [-0.1, -0.05) is 15.9 Å². The Bertz CT molecular complexity index is 561. The highest BCUT2D eigenvalue weighted by Gasteiger charge is 2.19. The molecule has 5 heteroatoms. The predicted molar refractivity (Wildman–Crippen MR) is 71.7 cm³/mol. The quantitative estimate of drug-likeness (QED) is 0.892. The molecule has 2 N–H and O–H groups in total. The second kappa shape index (κ2) is 4.82. The van der Waals surface area contributed by atoms with Crippen molar-refractivity contribution in [3.05, 3.63) is 40.5 Å². The van der Waals surface area contributed by atoms with Crippen LogP contribution in [-0.4, -0.2) is 16.5 Å². The number of hydrogen-bond donors (Lipinski definition) is 2. The first-order valence-corrected chi connectivity index (χ1v) is 6.77. The minimum Gasteiger partial charge on any atom is -0.341 e. The fourth-order valence-corrected chi connectivity index (χ4v) is 2.61. The lowest BCUT2D eigenvalue weighted by molar-refractivity contribution is 0.612. The zero-order valence-electron chi connectivity index (χ0n) is 9.71. The number of benzene rings is 1. The highest BCUT2D eigenvalue weighted by molar-refractivity contribution is 9.10. The summed E-state index contributed by atoms with van der Waals surface area (Å²) in [5, 5.41) is 3.37. The Labute approximate surface area is 113 Å². The van der Waals surface area contributed by atoms with Crippen LogP contribution in [0.4, 0.5) is 4.39 Å². The second-order valence-electron chi connectivity index (χ2n) is 4.46. The van der Waals surface area contributed by atoms with Crippen molar-refractivity contribution >= 4 is 15.9 Å². The average molecular weight is 310 g/mol. The maximum atomic E-state index is 13.8. The molecule has 1 aliphatic rings. The first-order chi connectivity index (χ1) is 8.74. The molecule has 2 heterocycles. The molecule has 2 aromatic rings. The Morgan fingerprint density at radius 3 is 3.00 bits per heavy atom. The predicted octanol–water partition coefficient (Wildman–Crippen LogP) is 3.40. The number of nitrogens with zero attached hydrogens (tertiary/aromatic N) is 1. The molecule has 1 fully saturated rings. The monoisotopic (exact) mass is 309 g/mol. The van der Waals surface area contributed by atoms with Crippen LogP contribution in [0.5, 0.6) is 0 Å². The van der Waals surface area contributed by atoms with E-state index in [1.54, 1.807) is 12.3 Å². The third-order valence-corrected chi connectivity index (χ3v) is 3.70. The van der Waals surface area contributed by atoms with Gasteiger partial charge in [-0.15, -0.1) is 0 Å². The smallest absolute Gasteiger partial charge is 0.133 e. The van der Waals surface area contributed by atoms with Gasteiger partial charge in [0.2, 0.25) is 0 Å². The van der Waals surface area contributed by atoms with E-state index in [0.29, 0.717) is 5.56 Å². The molecule has 0 amide bonds. The SMILES string of the molecule is Fc1cc(Br)ccc1-c1cnc([C@@H]2CCCN2)[nH]1. The summed E-state index contributed by atoms with van der Waals surface area (Å²) >= 11 is 3.25. The molecular formula is C13H13BrFN3. The van der Waals surface area contributed by atoms with Gasteiger partial charge in [0.15, 0.2) is 0 Å². The molecule has 94 valence electrons. The van der Waals surface area contributed by atoms with Crippen LogP contribution in [0.1, 0.15) is 24.7 Å². The van der Waals surface area contributed by atoms with Gasteiger partial charge in [0.25, 0.3) is 0 Å². The van der Waals surface area contributed by atoms with E-state index in [2.05, 4.69) is 31.2 Å². The number of H-pyrrole nitrogens is 1. The van der Waals surface area contributed by atoms with Crippen LogP contribution in [0.25, 0.3) is 11.3 Å². The van der Waals surface area contributed by atoms with Crippen molar-refractivity contribution in [2.45, 2.75) is 18.9 Å². The molecule has 3 rings (SSSR count). The van der Waals surface area contributed by atoms with Gasteiger partial charge < -0.3 is 10.3 Å². The third-order valence-electron chi connectivity index (χ3n) is 3.21. The first kappa shape index (κ1) is 11.9. The minimum atomic E-state index is -0.251. The van der Waals surface area contributed by atoms with Gasteiger partial charge in [0.05, 0.1) is 17.9 Å². The highest BCUT2D eigenvalue weighted by Crippen LogP contribution is 2.27. The Balaban J connectivity index is 1.92. The van der Waals surface area contributed by atoms with E-state index in [-0.39, 0.29) is 11.9 Å². The summed E-state index contributed by atoms with van der Waals surface area (Å²) in [6.07, 6.45) is 3.94. The zero-order chi connectivity index (χ0) is 12.5. The molecule has 1 atom stereocenters. The summed E-state index contributed by atoms with van der Waals surface area (Å²) in [7, 11) is 0. The van der Waals surface area contributed by atoms with E-state index in [4.69, 9.17) is 0 Å². The van der Waals surface area contributed by atoms with Crippen molar-refractivity contribution in [3.63, 3.8) is 0 Å². The molecule has 1 aromatic carbocycles. The highest BCUT2D eigenvalue weighted by atomic mass is 79.9. The number of aromatic amines is 1. The summed E-state index contributed by atoms with van der Waals surface area (Å²) in [5.74, 6) is 0.642. The summed E-state index contributed by atoms with van der Waals surface area (Å²) in [6.45, 7) is 1.02. The van der Waals surface area contributed by atoms with E-state index in [1.807, 2.05) is 6.07 Å². The van der Waals surface area contributed by atoms with Crippen LogP contribution in [0.3, 0.4) is 0 Å². The van der Waals surface area contributed by atoms with E-state index in [0.717, 1.165) is 35.4 Å². The number of aromatic nitrogens is 2. The maximum Gasteiger partial charge on any atom is 0.133 e. The molecule has 18 heavy (non-hydrogen) atoms. The second-order valence-corrected chi connectivity index (χ2v) is 5.37. The first-order valence-electron chi connectivity index (χ1n) is 5.98. The number of nitrogens with one attached hydrogen (secondary N) is 2. The van der Waals surface area contributed by atoms with Crippen molar-refractivity contribution in [3.8, 4) is 11.3 Å². The fraction of sp³-hybridized carbons (Fsp3) is 0.308. The Morgan fingerprint density at radius 1 is 1.39 bits per heavy atom. The van der Waals surface area contributed by atoms with Gasteiger partial charge in [-0.05, 0) is 37.6 Å². The van der Waals surface area contributed by atoms with E-state index < -0.39 is 0 Å². The van der Waals surface area contributed by atoms with Crippen molar-refractivity contribution in [1.82, 2.24) is 15.3 Å². The summed E-state index contributed by atoms with van der Waals surface area (Å²) in [6, 6.07) is 5.31. The van der Waals surface area contributed by atoms with E-state index in [9.17, 15) is 4.39 Å². The molecular weight excluding hydrogens is 297 g/mol. The van der Waals surface area contributed by atoms with Crippen LogP contribution in [0, 0.1) is 5.82 Å². The third kappa shape index (κ3) is 2.20. The fourth-order valence-electron chi connectivity index (χ4n) is 2.28. The van der Waals surface area contributed by atoms with Gasteiger partial charge in [0.1, 0.15) is 11.6 Å². The minimum absolute atomic E-state index is 0.251. The summed E-state index contributed by atoms with van der Waals surface area (Å²) < 4.78 is 14.6. The molecule has 3 nitrogen and oxygen atoms in total. The number of rotatable bonds is 2. The summed E-state index contributed by atoms with van der Waals surface area (Å²) in [5.41, 5.74) is 1.28. The molecule has 0 saturated carbocycles. The van der Waals surface area contributed by atoms with Gasteiger partial charge in [-0.25, -0.2) is 9.37 Å². The molecule has 0 aliphatic carbocycles. The molecule has 1 aromatic heterocycles. The van der Waals surface area contributed by atoms with Gasteiger partial charge >= 0.3 is 0 Å². The Hall–Kier alpha value is -1.20. The number of imidazole rings is 1. The van der Waals surface area contributed by atoms with Crippen LogP contribution in [0.2, 0.25) is 0 Å². The number of hydrogen-bond acceptors (Lipinski definition) is 2.